The van der Waals surface area contributed by atoms with Gasteiger partial charge in [-0.3, -0.25) is 9.59 Å². The van der Waals surface area contributed by atoms with Gasteiger partial charge in [0.2, 0.25) is 11.8 Å². The number of hydrogen-bond acceptors (Lipinski definition) is 3. The van der Waals surface area contributed by atoms with Crippen LogP contribution < -0.4 is 10.1 Å². The molecule has 1 N–H and O–H groups in total. The van der Waals surface area contributed by atoms with Gasteiger partial charge in [-0.05, 0) is 54.3 Å². The van der Waals surface area contributed by atoms with Gasteiger partial charge in [0.1, 0.15) is 11.8 Å². The Kier molecular flexibility index (Phi) is 8.90. The zero-order valence-corrected chi connectivity index (χ0v) is 19.7. The zero-order valence-electron chi connectivity index (χ0n) is 19.0. The molecule has 0 saturated carbocycles. The van der Waals surface area contributed by atoms with Crippen molar-refractivity contribution >= 4 is 23.4 Å². The molecule has 5 nitrogen and oxygen atoms in total. The van der Waals surface area contributed by atoms with Crippen LogP contribution in [-0.4, -0.2) is 29.9 Å². The molecule has 1 atom stereocenters. The topological polar surface area (TPSA) is 58.6 Å². The van der Waals surface area contributed by atoms with Gasteiger partial charge >= 0.3 is 0 Å². The Labute approximate surface area is 200 Å². The van der Waals surface area contributed by atoms with Crippen LogP contribution in [0.15, 0.2) is 78.9 Å². The molecule has 0 aliphatic rings. The number of carbonyl (C=O) groups excluding carboxylic acids is 2. The number of amides is 2. The molecule has 33 heavy (non-hydrogen) atoms. The highest BCUT2D eigenvalue weighted by Gasteiger charge is 2.25. The van der Waals surface area contributed by atoms with Crippen molar-refractivity contribution < 1.29 is 14.3 Å². The van der Waals surface area contributed by atoms with Crippen LogP contribution >= 0.6 is 11.6 Å². The Balaban J connectivity index is 1.67. The van der Waals surface area contributed by atoms with Gasteiger partial charge in [0.05, 0.1) is 7.11 Å². The van der Waals surface area contributed by atoms with Gasteiger partial charge in [0.25, 0.3) is 0 Å². The van der Waals surface area contributed by atoms with Gasteiger partial charge in [-0.2, -0.15) is 0 Å². The molecular formula is C27H29ClN2O3. The molecule has 2 amide bonds. The molecule has 3 rings (SSSR count). The molecule has 6 heteroatoms. The minimum Gasteiger partial charge on any atom is -0.497 e. The van der Waals surface area contributed by atoms with Crippen molar-refractivity contribution in [2.24, 2.45) is 0 Å². The van der Waals surface area contributed by atoms with Gasteiger partial charge in [0, 0.05) is 24.5 Å². The van der Waals surface area contributed by atoms with Crippen LogP contribution in [0, 0.1) is 0 Å². The van der Waals surface area contributed by atoms with E-state index in [0.717, 1.165) is 22.4 Å². The summed E-state index contributed by atoms with van der Waals surface area (Å²) >= 11 is 6.01. The molecule has 0 aliphatic carbocycles. The maximum atomic E-state index is 13.2. The summed E-state index contributed by atoms with van der Waals surface area (Å²) in [5.41, 5.74) is 2.96. The van der Waals surface area contributed by atoms with Crippen molar-refractivity contribution in [3.05, 3.63) is 101 Å². The number of benzene rings is 3. The molecule has 0 aliphatic heterocycles. The first-order valence-electron chi connectivity index (χ1n) is 10.9. The molecule has 172 valence electrons. The minimum atomic E-state index is -0.623. The predicted molar refractivity (Wildman–Crippen MR) is 131 cm³/mol. The fourth-order valence-electron chi connectivity index (χ4n) is 3.49. The first-order valence-corrected chi connectivity index (χ1v) is 11.3. The van der Waals surface area contributed by atoms with E-state index >= 15 is 0 Å². The highest BCUT2D eigenvalue weighted by atomic mass is 35.5. The van der Waals surface area contributed by atoms with E-state index in [-0.39, 0.29) is 11.8 Å². The smallest absolute Gasteiger partial charge is 0.242 e. The maximum absolute atomic E-state index is 13.2. The van der Waals surface area contributed by atoms with Crippen molar-refractivity contribution in [3.8, 4) is 5.75 Å². The number of aryl methyl sites for hydroxylation is 1. The SMILES string of the molecule is COc1ccc(CNC(=O)C(C)N(Cc2ccc(Cl)cc2)C(=O)CCc2ccccc2)cc1. The average molecular weight is 465 g/mol. The number of rotatable bonds is 10. The van der Waals surface area contributed by atoms with Gasteiger partial charge in [-0.15, -0.1) is 0 Å². The second-order valence-electron chi connectivity index (χ2n) is 7.88. The second kappa shape index (κ2) is 12.1. The van der Waals surface area contributed by atoms with E-state index in [1.807, 2.05) is 66.7 Å². The number of methoxy groups -OCH3 is 1. The minimum absolute atomic E-state index is 0.0686. The quantitative estimate of drug-likeness (QED) is 0.458. The summed E-state index contributed by atoms with van der Waals surface area (Å²) < 4.78 is 5.17. The largest absolute Gasteiger partial charge is 0.497 e. The van der Waals surface area contributed by atoms with Gasteiger partial charge in [-0.25, -0.2) is 0 Å². The molecule has 3 aromatic carbocycles. The molecule has 0 bridgehead atoms. The molecular weight excluding hydrogens is 436 g/mol. The third-order valence-electron chi connectivity index (χ3n) is 5.53. The van der Waals surface area contributed by atoms with Crippen LogP contribution in [0.5, 0.6) is 5.75 Å². The molecule has 0 fully saturated rings. The highest BCUT2D eigenvalue weighted by Crippen LogP contribution is 2.16. The zero-order chi connectivity index (χ0) is 23.6. The summed E-state index contributed by atoms with van der Waals surface area (Å²) in [5, 5.41) is 3.58. The van der Waals surface area contributed by atoms with Crippen molar-refractivity contribution in [2.75, 3.05) is 7.11 Å². The lowest BCUT2D eigenvalue weighted by Crippen LogP contribution is -2.47. The molecule has 0 saturated heterocycles. The third kappa shape index (κ3) is 7.36. The number of nitrogens with zero attached hydrogens (tertiary/aromatic N) is 1. The van der Waals surface area contributed by atoms with Crippen molar-refractivity contribution in [1.29, 1.82) is 0 Å². The molecule has 0 heterocycles. The fourth-order valence-corrected chi connectivity index (χ4v) is 3.61. The lowest BCUT2D eigenvalue weighted by atomic mass is 10.1. The van der Waals surface area contributed by atoms with Crippen LogP contribution in [0.25, 0.3) is 0 Å². The second-order valence-corrected chi connectivity index (χ2v) is 8.31. The normalized spacial score (nSPS) is 11.5. The van der Waals surface area contributed by atoms with E-state index in [1.165, 1.54) is 0 Å². The monoisotopic (exact) mass is 464 g/mol. The number of halogens is 1. The highest BCUT2D eigenvalue weighted by molar-refractivity contribution is 6.30. The predicted octanol–water partition coefficient (Wildman–Crippen LogP) is 5.01. The Bertz CT molecular complexity index is 1040. The number of hydrogen-bond donors (Lipinski definition) is 1. The number of nitrogens with one attached hydrogen (secondary N) is 1. The standard InChI is InChI=1S/C27H29ClN2O3/c1-20(27(32)29-18-22-10-15-25(33-2)16-11-22)30(19-23-8-13-24(28)14-9-23)26(31)17-12-21-6-4-3-5-7-21/h3-11,13-16,20H,12,17-19H2,1-2H3,(H,29,32). The van der Waals surface area contributed by atoms with E-state index in [9.17, 15) is 9.59 Å². The summed E-state index contributed by atoms with van der Waals surface area (Å²) in [6.45, 7) is 2.47. The fraction of sp³-hybridized carbons (Fsp3) is 0.259. The summed E-state index contributed by atoms with van der Waals surface area (Å²) in [5.74, 6) is 0.491. The maximum Gasteiger partial charge on any atom is 0.242 e. The Morgan fingerprint density at radius 1 is 0.909 bits per heavy atom. The van der Waals surface area contributed by atoms with E-state index in [1.54, 1.807) is 31.1 Å². The van der Waals surface area contributed by atoms with Gasteiger partial charge in [-0.1, -0.05) is 66.2 Å². The summed E-state index contributed by atoms with van der Waals surface area (Å²) in [6, 6.07) is 24.1. The molecule has 0 spiro atoms. The summed E-state index contributed by atoms with van der Waals surface area (Å²) in [6.07, 6.45) is 0.949. The third-order valence-corrected chi connectivity index (χ3v) is 5.78. The number of ether oxygens (including phenoxy) is 1. The van der Waals surface area contributed by atoms with Gasteiger partial charge in [0.15, 0.2) is 0 Å². The lowest BCUT2D eigenvalue weighted by molar-refractivity contribution is -0.140. The van der Waals surface area contributed by atoms with Gasteiger partial charge < -0.3 is 15.0 Å². The molecule has 1 unspecified atom stereocenters. The van der Waals surface area contributed by atoms with Crippen LogP contribution in [0.2, 0.25) is 5.02 Å². The Hall–Kier alpha value is -3.31. The molecule has 3 aromatic rings. The van der Waals surface area contributed by atoms with Crippen LogP contribution in [0.3, 0.4) is 0 Å². The van der Waals surface area contributed by atoms with Crippen LogP contribution in [-0.2, 0) is 29.1 Å². The van der Waals surface area contributed by atoms with Crippen molar-refractivity contribution in [3.63, 3.8) is 0 Å². The molecule has 0 aromatic heterocycles. The van der Waals surface area contributed by atoms with E-state index in [4.69, 9.17) is 16.3 Å². The average Bonchev–Trinajstić information content (AvgIpc) is 2.86. The van der Waals surface area contributed by atoms with Crippen LogP contribution in [0.1, 0.15) is 30.0 Å². The van der Waals surface area contributed by atoms with E-state index < -0.39 is 6.04 Å². The van der Waals surface area contributed by atoms with Crippen molar-refractivity contribution in [1.82, 2.24) is 10.2 Å². The Morgan fingerprint density at radius 2 is 1.55 bits per heavy atom. The lowest BCUT2D eigenvalue weighted by Gasteiger charge is -2.29. The Morgan fingerprint density at radius 3 is 2.18 bits per heavy atom. The van der Waals surface area contributed by atoms with Crippen LogP contribution in [0.4, 0.5) is 0 Å². The molecule has 0 radical (unpaired) electrons. The summed E-state index contributed by atoms with van der Waals surface area (Å²) in [4.78, 5) is 27.8. The van der Waals surface area contributed by atoms with E-state index in [0.29, 0.717) is 31.0 Å². The summed E-state index contributed by atoms with van der Waals surface area (Å²) in [7, 11) is 1.61. The first kappa shape index (κ1) is 24.3. The number of carbonyl (C=O) groups is 2. The van der Waals surface area contributed by atoms with Crippen molar-refractivity contribution in [2.45, 2.75) is 38.9 Å². The van der Waals surface area contributed by atoms with E-state index in [2.05, 4.69) is 5.32 Å². The first-order chi connectivity index (χ1) is 16.0.